The lowest BCUT2D eigenvalue weighted by molar-refractivity contribution is -0.239. The number of ether oxygens (including phenoxy) is 3. The summed E-state index contributed by atoms with van der Waals surface area (Å²) in [5, 5.41) is 21.0. The first-order valence-electron chi connectivity index (χ1n) is 16.3. The number of hydrogen-bond donors (Lipinski definition) is 1. The molecule has 8 nitrogen and oxygen atoms in total. The van der Waals surface area contributed by atoms with E-state index in [-0.39, 0.29) is 42.1 Å². The van der Waals surface area contributed by atoms with Gasteiger partial charge in [0, 0.05) is 22.7 Å². The molecule has 6 saturated carbocycles. The quantitative estimate of drug-likeness (QED) is 0.386. The summed E-state index contributed by atoms with van der Waals surface area (Å²) in [6.45, 7) is 12.9. The topological polar surface area (TPSA) is 123 Å². The van der Waals surface area contributed by atoms with Crippen molar-refractivity contribution in [1.29, 1.82) is 5.26 Å². The van der Waals surface area contributed by atoms with Crippen LogP contribution in [-0.2, 0) is 23.8 Å². The average Bonchev–Trinajstić information content (AvgIpc) is 3.18. The number of nitrogens with zero attached hydrogens (tertiary/aromatic N) is 1. The van der Waals surface area contributed by atoms with Crippen LogP contribution >= 0.6 is 0 Å². The molecule has 0 aromatic rings. The highest BCUT2D eigenvalue weighted by molar-refractivity contribution is 6.01. The van der Waals surface area contributed by atoms with Gasteiger partial charge in [0.05, 0.1) is 6.10 Å². The molecule has 0 spiro atoms. The van der Waals surface area contributed by atoms with E-state index in [0.29, 0.717) is 11.8 Å². The zero-order valence-electron chi connectivity index (χ0n) is 27.1. The van der Waals surface area contributed by atoms with Gasteiger partial charge in [-0.05, 0) is 85.3 Å². The molecule has 2 bridgehead atoms. The molecule has 6 fully saturated rings. The number of aliphatic hydroxyl groups is 1. The van der Waals surface area contributed by atoms with Crippen LogP contribution in [0.5, 0.6) is 0 Å². The largest absolute Gasteiger partial charge is 0.509 e. The number of aliphatic hydroxyl groups excluding tert-OH is 1. The van der Waals surface area contributed by atoms with Crippen LogP contribution in [0.2, 0.25) is 0 Å². The Bertz CT molecular complexity index is 1400. The van der Waals surface area contributed by atoms with Crippen molar-refractivity contribution >= 4 is 17.9 Å². The fourth-order valence-corrected chi connectivity index (χ4v) is 11.6. The van der Waals surface area contributed by atoms with Crippen LogP contribution in [0.4, 0.5) is 13.6 Å². The Balaban J connectivity index is 1.37. The molecule has 0 saturated heterocycles. The summed E-state index contributed by atoms with van der Waals surface area (Å²) in [7, 11) is 0. The smallest absolute Gasteiger partial charge is 0.447 e. The lowest BCUT2D eigenvalue weighted by Crippen LogP contribution is -2.71. The van der Waals surface area contributed by atoms with Gasteiger partial charge < -0.3 is 19.3 Å². The van der Waals surface area contributed by atoms with Crippen LogP contribution in [0.3, 0.4) is 0 Å². The monoisotopic (exact) mass is 629 g/mol. The van der Waals surface area contributed by atoms with Gasteiger partial charge in [-0.3, -0.25) is 4.79 Å². The minimum Gasteiger partial charge on any atom is -0.447 e. The van der Waals surface area contributed by atoms with Crippen molar-refractivity contribution in [3.63, 3.8) is 0 Å². The summed E-state index contributed by atoms with van der Waals surface area (Å²) in [4.78, 5) is 40.0. The van der Waals surface area contributed by atoms with E-state index < -0.39 is 82.7 Å². The number of carbonyl (C=O) groups excluding carboxylic acids is 3. The number of ketones is 1. The molecule has 0 radical (unpaired) electrons. The first-order valence-corrected chi connectivity index (χ1v) is 16.3. The highest BCUT2D eigenvalue weighted by Crippen LogP contribution is 2.72. The van der Waals surface area contributed by atoms with Crippen LogP contribution in [0, 0.1) is 69.0 Å². The molecule has 0 aromatic heterocycles. The third-order valence-electron chi connectivity index (χ3n) is 13.9. The van der Waals surface area contributed by atoms with Crippen LogP contribution in [0.1, 0.15) is 74.1 Å². The maximum absolute atomic E-state index is 17.7. The molecule has 0 aromatic carbocycles. The van der Waals surface area contributed by atoms with Gasteiger partial charge in [-0.1, -0.05) is 47.6 Å². The number of nitriles is 1. The Morgan fingerprint density at radius 3 is 2.29 bits per heavy atom. The maximum Gasteiger partial charge on any atom is 0.509 e. The summed E-state index contributed by atoms with van der Waals surface area (Å²) in [6.07, 6.45) is -0.542. The van der Waals surface area contributed by atoms with E-state index in [9.17, 15) is 24.8 Å². The number of hydrogen-bond acceptors (Lipinski definition) is 8. The fourth-order valence-electron chi connectivity index (χ4n) is 11.6. The van der Waals surface area contributed by atoms with E-state index in [2.05, 4.69) is 27.7 Å². The summed E-state index contributed by atoms with van der Waals surface area (Å²) in [6, 6.07) is 1.78. The normalized spacial score (nSPS) is 50.5. The lowest BCUT2D eigenvalue weighted by Gasteiger charge is -2.64. The number of rotatable bonds is 4. The van der Waals surface area contributed by atoms with Crippen LogP contribution in [0.25, 0.3) is 0 Å². The Morgan fingerprint density at radius 1 is 1.04 bits per heavy atom. The van der Waals surface area contributed by atoms with Crippen molar-refractivity contribution in [2.24, 2.45) is 57.7 Å². The van der Waals surface area contributed by atoms with Crippen molar-refractivity contribution in [2.45, 2.75) is 104 Å². The van der Waals surface area contributed by atoms with Gasteiger partial charge >= 0.3 is 12.1 Å². The maximum atomic E-state index is 17.7. The molecule has 10 heteroatoms. The van der Waals surface area contributed by atoms with Crippen molar-refractivity contribution in [3.8, 4) is 6.07 Å². The third-order valence-corrected chi connectivity index (χ3v) is 13.9. The van der Waals surface area contributed by atoms with E-state index >= 15 is 8.78 Å². The second kappa shape index (κ2) is 10.1. The number of fused-ring (bicyclic) bond motifs is 7. The van der Waals surface area contributed by atoms with Gasteiger partial charge in [-0.2, -0.15) is 5.26 Å². The Morgan fingerprint density at radius 2 is 1.69 bits per heavy atom. The SMILES string of the molecule is CC1C(OC(=O)O[C@]2(C(=O)OCC#N)[C@H](C)C[C@H]3[C@@H]4C[C@H](F)C5=CC(=O)C=C[C@]5(C)[C@@]4(F)[C@@H](O)C[C@@]32C)[C@H](C)[C@H]2CC1C2(C)C. The van der Waals surface area contributed by atoms with Gasteiger partial charge in [-0.15, -0.1) is 0 Å². The standard InChI is InChI=1S/C35H45F2NO7/c1-17-12-23-24-15-26(36)25-13-20(39)8-9-32(25,6)34(24,37)27(40)16-33(23,7)35(17,29(41)43-11-10-38)45-30(42)44-28-18(2)21-14-22(19(28)3)31(21,4)5/h8-9,13,17-19,21-24,26-28,40H,11-12,14-16H2,1-7H3/t17-,18-,19?,21-,22?,23+,24+,26+,27+,28?,32+,33+,34+,35+/m1/s1. The Hall–Kier alpha value is -2.80. The fraction of sp³-hybridized carbons (Fsp3) is 0.771. The summed E-state index contributed by atoms with van der Waals surface area (Å²) < 4.78 is 51.1. The average molecular weight is 630 g/mol. The molecule has 7 aliphatic carbocycles. The third kappa shape index (κ3) is 3.91. The van der Waals surface area contributed by atoms with Gasteiger partial charge in [0.15, 0.2) is 18.1 Å². The van der Waals surface area contributed by atoms with Crippen molar-refractivity contribution in [2.75, 3.05) is 6.61 Å². The van der Waals surface area contributed by atoms with E-state index in [4.69, 9.17) is 14.2 Å². The highest BCUT2D eigenvalue weighted by Gasteiger charge is 2.79. The number of allylic oxidation sites excluding steroid dienone is 4. The predicted molar refractivity (Wildman–Crippen MR) is 158 cm³/mol. The van der Waals surface area contributed by atoms with Gasteiger partial charge in [0.2, 0.25) is 5.60 Å². The second-order valence-corrected chi connectivity index (χ2v) is 15.9. The van der Waals surface area contributed by atoms with Crippen LogP contribution in [-0.4, -0.2) is 59.3 Å². The summed E-state index contributed by atoms with van der Waals surface area (Å²) in [5.74, 6) is -3.08. The molecule has 14 atom stereocenters. The number of alkyl halides is 2. The molecule has 0 amide bonds. The molecular formula is C35H45F2NO7. The molecule has 246 valence electrons. The summed E-state index contributed by atoms with van der Waals surface area (Å²) >= 11 is 0. The van der Waals surface area contributed by atoms with Crippen molar-refractivity contribution in [1.82, 2.24) is 0 Å². The Kier molecular flexibility index (Phi) is 7.22. The molecule has 0 heterocycles. The van der Waals surface area contributed by atoms with Crippen molar-refractivity contribution < 1.29 is 42.5 Å². The zero-order valence-corrected chi connectivity index (χ0v) is 27.1. The predicted octanol–water partition coefficient (Wildman–Crippen LogP) is 5.83. The molecule has 3 unspecified atom stereocenters. The molecular weight excluding hydrogens is 584 g/mol. The lowest BCUT2D eigenvalue weighted by atomic mass is 9.42. The van der Waals surface area contributed by atoms with Crippen LogP contribution < -0.4 is 0 Å². The zero-order chi connectivity index (χ0) is 33.1. The molecule has 7 aliphatic rings. The van der Waals surface area contributed by atoms with Crippen LogP contribution in [0.15, 0.2) is 23.8 Å². The van der Waals surface area contributed by atoms with Crippen molar-refractivity contribution in [3.05, 3.63) is 23.8 Å². The van der Waals surface area contributed by atoms with E-state index in [1.807, 2.05) is 0 Å². The van der Waals surface area contributed by atoms with Gasteiger partial charge in [0.1, 0.15) is 18.3 Å². The highest BCUT2D eigenvalue weighted by atomic mass is 19.1. The minimum absolute atomic E-state index is 0.00100. The minimum atomic E-state index is -2.36. The first kappa shape index (κ1) is 32.2. The Labute approximate surface area is 263 Å². The molecule has 0 aliphatic heterocycles. The second-order valence-electron chi connectivity index (χ2n) is 15.9. The van der Waals surface area contributed by atoms with Gasteiger partial charge in [-0.25, -0.2) is 18.4 Å². The summed E-state index contributed by atoms with van der Waals surface area (Å²) in [5.41, 5.74) is -7.25. The molecule has 7 rings (SSSR count). The van der Waals surface area contributed by atoms with Gasteiger partial charge in [0.25, 0.3) is 0 Å². The molecule has 1 N–H and O–H groups in total. The number of carbonyl (C=O) groups is 3. The van der Waals surface area contributed by atoms with E-state index in [0.717, 1.165) is 12.5 Å². The first-order chi connectivity index (χ1) is 20.9. The van der Waals surface area contributed by atoms with E-state index in [1.54, 1.807) is 19.9 Å². The number of halogens is 2. The van der Waals surface area contributed by atoms with E-state index in [1.165, 1.54) is 19.1 Å². The number of esters is 1. The molecule has 45 heavy (non-hydrogen) atoms.